The number of halogens is 3. The molecule has 0 bridgehead atoms. The van der Waals surface area contributed by atoms with Crippen LogP contribution >= 0.6 is 23.2 Å². The lowest BCUT2D eigenvalue weighted by Crippen LogP contribution is -2.14. The first-order valence-electron chi connectivity index (χ1n) is 7.54. The summed E-state index contributed by atoms with van der Waals surface area (Å²) in [6.45, 7) is 1.86. The highest BCUT2D eigenvalue weighted by Crippen LogP contribution is 2.22. The van der Waals surface area contributed by atoms with Gasteiger partial charge >= 0.3 is 0 Å². The standard InChI is InChI=1S/C18H13Cl2FN4O/c1-10-2-3-12(19)6-16(10)25-17(26)11-8-22-18(23-9-11)24-13-4-5-15(21)14(20)7-13/h2-9H,1H3,(H,25,26)(H,22,23,24). The first-order valence-corrected chi connectivity index (χ1v) is 8.29. The number of rotatable bonds is 4. The van der Waals surface area contributed by atoms with Crippen LogP contribution in [0.3, 0.4) is 0 Å². The van der Waals surface area contributed by atoms with Crippen LogP contribution in [0.5, 0.6) is 0 Å². The number of aromatic nitrogens is 2. The number of hydrogen-bond donors (Lipinski definition) is 2. The summed E-state index contributed by atoms with van der Waals surface area (Å²) in [7, 11) is 0. The fraction of sp³-hybridized carbons (Fsp3) is 0.0556. The van der Waals surface area contributed by atoms with Gasteiger partial charge in [-0.15, -0.1) is 0 Å². The van der Waals surface area contributed by atoms with Crippen molar-refractivity contribution in [2.75, 3.05) is 10.6 Å². The van der Waals surface area contributed by atoms with Crippen molar-refractivity contribution in [3.05, 3.63) is 75.8 Å². The normalized spacial score (nSPS) is 10.5. The van der Waals surface area contributed by atoms with E-state index in [0.29, 0.717) is 16.4 Å². The Kier molecular flexibility index (Phi) is 5.35. The molecule has 0 unspecified atom stereocenters. The summed E-state index contributed by atoms with van der Waals surface area (Å²) in [5, 5.41) is 6.17. The van der Waals surface area contributed by atoms with Gasteiger partial charge in [0, 0.05) is 28.8 Å². The second-order valence-electron chi connectivity index (χ2n) is 5.46. The molecule has 5 nitrogen and oxygen atoms in total. The molecule has 1 amide bonds. The lowest BCUT2D eigenvalue weighted by molar-refractivity contribution is 0.102. The number of carbonyl (C=O) groups excluding carboxylic acids is 1. The molecule has 2 aromatic carbocycles. The van der Waals surface area contributed by atoms with E-state index in [1.54, 1.807) is 12.1 Å². The molecule has 2 N–H and O–H groups in total. The molecule has 0 aliphatic carbocycles. The molecule has 0 saturated carbocycles. The maximum atomic E-state index is 13.2. The lowest BCUT2D eigenvalue weighted by atomic mass is 10.2. The smallest absolute Gasteiger partial charge is 0.258 e. The zero-order valence-corrected chi connectivity index (χ0v) is 15.1. The van der Waals surface area contributed by atoms with E-state index in [4.69, 9.17) is 23.2 Å². The molecular weight excluding hydrogens is 378 g/mol. The highest BCUT2D eigenvalue weighted by atomic mass is 35.5. The van der Waals surface area contributed by atoms with Gasteiger partial charge in [-0.2, -0.15) is 0 Å². The quantitative estimate of drug-likeness (QED) is 0.640. The molecule has 0 fully saturated rings. The molecule has 0 aliphatic heterocycles. The molecular formula is C18H13Cl2FN4O. The van der Waals surface area contributed by atoms with E-state index in [0.717, 1.165) is 5.56 Å². The van der Waals surface area contributed by atoms with Crippen molar-refractivity contribution < 1.29 is 9.18 Å². The number of amides is 1. The fourth-order valence-corrected chi connectivity index (χ4v) is 2.49. The Morgan fingerprint density at radius 1 is 1.08 bits per heavy atom. The first kappa shape index (κ1) is 18.1. The van der Waals surface area contributed by atoms with Crippen LogP contribution in [0.25, 0.3) is 0 Å². The summed E-state index contributed by atoms with van der Waals surface area (Å²) in [6.07, 6.45) is 2.77. The van der Waals surface area contributed by atoms with E-state index in [2.05, 4.69) is 20.6 Å². The van der Waals surface area contributed by atoms with Gasteiger partial charge in [0.15, 0.2) is 0 Å². The number of hydrogen-bond acceptors (Lipinski definition) is 4. The Labute approximate surface area is 159 Å². The van der Waals surface area contributed by atoms with Crippen molar-refractivity contribution in [2.24, 2.45) is 0 Å². The molecule has 3 aromatic rings. The minimum atomic E-state index is -0.513. The third-order valence-electron chi connectivity index (χ3n) is 3.54. The summed E-state index contributed by atoms with van der Waals surface area (Å²) >= 11 is 11.7. The minimum Gasteiger partial charge on any atom is -0.324 e. The van der Waals surface area contributed by atoms with Crippen molar-refractivity contribution >= 4 is 46.4 Å². The maximum Gasteiger partial charge on any atom is 0.258 e. The summed E-state index contributed by atoms with van der Waals surface area (Å²) in [6, 6.07) is 9.40. The molecule has 0 radical (unpaired) electrons. The Hall–Kier alpha value is -2.70. The van der Waals surface area contributed by atoms with Crippen LogP contribution < -0.4 is 10.6 Å². The van der Waals surface area contributed by atoms with E-state index in [1.165, 1.54) is 30.6 Å². The topological polar surface area (TPSA) is 66.9 Å². The van der Waals surface area contributed by atoms with E-state index in [1.807, 2.05) is 13.0 Å². The van der Waals surface area contributed by atoms with Gasteiger partial charge in [-0.3, -0.25) is 4.79 Å². The Morgan fingerprint density at radius 2 is 1.81 bits per heavy atom. The average Bonchev–Trinajstić information content (AvgIpc) is 2.62. The van der Waals surface area contributed by atoms with Gasteiger partial charge in [0.25, 0.3) is 5.91 Å². The maximum absolute atomic E-state index is 13.2. The molecule has 132 valence electrons. The Bertz CT molecular complexity index is 964. The van der Waals surface area contributed by atoms with Gasteiger partial charge in [0.05, 0.1) is 10.6 Å². The number of aryl methyl sites for hydroxylation is 1. The lowest BCUT2D eigenvalue weighted by Gasteiger charge is -2.09. The van der Waals surface area contributed by atoms with E-state index in [-0.39, 0.29) is 22.4 Å². The number of nitrogens with one attached hydrogen (secondary N) is 2. The van der Waals surface area contributed by atoms with Crippen LogP contribution in [0.4, 0.5) is 21.7 Å². The third kappa shape index (κ3) is 4.28. The van der Waals surface area contributed by atoms with Crippen LogP contribution in [-0.2, 0) is 0 Å². The predicted octanol–water partition coefficient (Wildman–Crippen LogP) is 5.23. The summed E-state index contributed by atoms with van der Waals surface area (Å²) < 4.78 is 13.2. The highest BCUT2D eigenvalue weighted by molar-refractivity contribution is 6.31. The van der Waals surface area contributed by atoms with Crippen molar-refractivity contribution in [1.29, 1.82) is 0 Å². The molecule has 0 aliphatic rings. The molecule has 0 spiro atoms. The van der Waals surface area contributed by atoms with Crippen LogP contribution in [0, 0.1) is 12.7 Å². The minimum absolute atomic E-state index is 0.0112. The van der Waals surface area contributed by atoms with Gasteiger partial charge in [-0.1, -0.05) is 29.3 Å². The molecule has 8 heteroatoms. The average molecular weight is 391 g/mol. The molecule has 0 saturated heterocycles. The largest absolute Gasteiger partial charge is 0.324 e. The monoisotopic (exact) mass is 390 g/mol. The SMILES string of the molecule is Cc1ccc(Cl)cc1NC(=O)c1cnc(Nc2ccc(F)c(Cl)c2)nc1. The van der Waals surface area contributed by atoms with Crippen molar-refractivity contribution in [3.8, 4) is 0 Å². The first-order chi connectivity index (χ1) is 12.4. The van der Waals surface area contributed by atoms with E-state index < -0.39 is 5.82 Å². The number of carbonyl (C=O) groups is 1. The molecule has 3 rings (SSSR count). The number of benzene rings is 2. The Morgan fingerprint density at radius 3 is 2.50 bits per heavy atom. The fourth-order valence-electron chi connectivity index (χ4n) is 2.14. The van der Waals surface area contributed by atoms with E-state index >= 15 is 0 Å². The van der Waals surface area contributed by atoms with Crippen LogP contribution in [0.15, 0.2) is 48.8 Å². The molecule has 0 atom stereocenters. The second kappa shape index (κ2) is 7.68. The number of nitrogens with zero attached hydrogens (tertiary/aromatic N) is 2. The molecule has 26 heavy (non-hydrogen) atoms. The van der Waals surface area contributed by atoms with Crippen molar-refractivity contribution in [2.45, 2.75) is 6.92 Å². The van der Waals surface area contributed by atoms with Gasteiger partial charge in [0.2, 0.25) is 5.95 Å². The number of anilines is 3. The zero-order chi connectivity index (χ0) is 18.7. The predicted molar refractivity (Wildman–Crippen MR) is 101 cm³/mol. The Balaban J connectivity index is 1.71. The highest BCUT2D eigenvalue weighted by Gasteiger charge is 2.10. The van der Waals surface area contributed by atoms with Gasteiger partial charge in [-0.05, 0) is 42.8 Å². The van der Waals surface area contributed by atoms with Crippen LogP contribution in [-0.4, -0.2) is 15.9 Å². The van der Waals surface area contributed by atoms with Crippen LogP contribution in [0.1, 0.15) is 15.9 Å². The van der Waals surface area contributed by atoms with Crippen molar-refractivity contribution in [3.63, 3.8) is 0 Å². The molecule has 1 heterocycles. The summed E-state index contributed by atoms with van der Waals surface area (Å²) in [4.78, 5) is 20.5. The van der Waals surface area contributed by atoms with E-state index in [9.17, 15) is 9.18 Å². The van der Waals surface area contributed by atoms with Crippen molar-refractivity contribution in [1.82, 2.24) is 9.97 Å². The van der Waals surface area contributed by atoms with Crippen LogP contribution in [0.2, 0.25) is 10.0 Å². The zero-order valence-electron chi connectivity index (χ0n) is 13.6. The second-order valence-corrected chi connectivity index (χ2v) is 6.31. The third-order valence-corrected chi connectivity index (χ3v) is 4.06. The molecule has 1 aromatic heterocycles. The van der Waals surface area contributed by atoms with Gasteiger partial charge in [0.1, 0.15) is 5.82 Å². The van der Waals surface area contributed by atoms with Gasteiger partial charge in [-0.25, -0.2) is 14.4 Å². The summed E-state index contributed by atoms with van der Waals surface area (Å²) in [5.41, 5.74) is 2.32. The van der Waals surface area contributed by atoms with Gasteiger partial charge < -0.3 is 10.6 Å². The summed E-state index contributed by atoms with van der Waals surface area (Å²) in [5.74, 6) is -0.614.